The lowest BCUT2D eigenvalue weighted by molar-refractivity contribution is 0.0946. The number of carbonyl (C=O) groups excluding carboxylic acids is 1. The molecule has 2 nitrogen and oxygen atoms in total. The topological polar surface area (TPSA) is 29.1 Å². The van der Waals surface area contributed by atoms with Gasteiger partial charge in [-0.25, -0.2) is 0 Å². The fraction of sp³-hybridized carbons (Fsp3) is 0.235. The maximum absolute atomic E-state index is 12.0. The summed E-state index contributed by atoms with van der Waals surface area (Å²) in [6, 6.07) is 12.4. The van der Waals surface area contributed by atoms with Gasteiger partial charge in [-0.3, -0.25) is 4.79 Å². The summed E-state index contributed by atoms with van der Waals surface area (Å²) < 4.78 is 1.10. The molecule has 0 aliphatic carbocycles. The minimum atomic E-state index is 0.0313. The normalized spacial score (nSPS) is 15.3. The highest BCUT2D eigenvalue weighted by Crippen LogP contribution is 2.36. The lowest BCUT2D eigenvalue weighted by Crippen LogP contribution is -2.31. The van der Waals surface area contributed by atoms with E-state index in [9.17, 15) is 4.79 Å². The molecule has 1 N–H and O–H groups in total. The summed E-state index contributed by atoms with van der Waals surface area (Å²) >= 11 is 7.35. The second-order valence-corrected chi connectivity index (χ2v) is 7.01. The Morgan fingerprint density at radius 1 is 1.24 bits per heavy atom. The predicted molar refractivity (Wildman–Crippen MR) is 92.1 cm³/mol. The van der Waals surface area contributed by atoms with Gasteiger partial charge in [0, 0.05) is 16.6 Å². The van der Waals surface area contributed by atoms with Gasteiger partial charge in [0.15, 0.2) is 0 Å². The molecule has 3 rings (SSSR count). The minimum absolute atomic E-state index is 0.0313. The van der Waals surface area contributed by atoms with E-state index in [-0.39, 0.29) is 10.7 Å². The summed E-state index contributed by atoms with van der Waals surface area (Å²) in [5.74, 6) is 0.0313. The molecule has 21 heavy (non-hydrogen) atoms. The first-order valence-electron chi connectivity index (χ1n) is 6.88. The summed E-state index contributed by atoms with van der Waals surface area (Å²) in [6.45, 7) is 2.83. The highest BCUT2D eigenvalue weighted by atomic mass is 79.9. The third kappa shape index (κ3) is 2.79. The molecule has 0 fully saturated rings. The third-order valence-corrected chi connectivity index (χ3v) is 5.81. The van der Waals surface area contributed by atoms with Crippen molar-refractivity contribution in [3.05, 3.63) is 68.7 Å². The molecule has 2 aromatic carbocycles. The van der Waals surface area contributed by atoms with E-state index in [1.165, 1.54) is 11.1 Å². The van der Waals surface area contributed by atoms with Crippen molar-refractivity contribution in [1.29, 1.82) is 0 Å². The van der Waals surface area contributed by atoms with Crippen molar-refractivity contribution in [2.24, 2.45) is 0 Å². The van der Waals surface area contributed by atoms with Crippen molar-refractivity contribution in [3.8, 4) is 0 Å². The van der Waals surface area contributed by atoms with E-state index in [2.05, 4.69) is 62.3 Å². The first kappa shape index (κ1) is 14.8. The van der Waals surface area contributed by atoms with Crippen molar-refractivity contribution < 1.29 is 4.79 Å². The van der Waals surface area contributed by atoms with Crippen LogP contribution in [0.15, 0.2) is 40.9 Å². The molecule has 0 bridgehead atoms. The van der Waals surface area contributed by atoms with Gasteiger partial charge in [-0.15, -0.1) is 0 Å². The Morgan fingerprint density at radius 3 is 2.86 bits per heavy atom. The molecule has 0 saturated carbocycles. The van der Waals surface area contributed by atoms with Crippen molar-refractivity contribution in [2.45, 2.75) is 18.2 Å². The second kappa shape index (κ2) is 5.93. The number of amides is 1. The number of fused-ring (bicyclic) bond motifs is 1. The molecule has 1 aliphatic heterocycles. The zero-order valence-corrected chi connectivity index (χ0v) is 14.8. The van der Waals surface area contributed by atoms with Crippen LogP contribution in [0.5, 0.6) is 0 Å². The number of hydrogen-bond donors (Lipinski definition) is 1. The van der Waals surface area contributed by atoms with E-state index >= 15 is 0 Å². The van der Waals surface area contributed by atoms with Crippen LogP contribution in [0.25, 0.3) is 0 Å². The van der Waals surface area contributed by atoms with Crippen LogP contribution >= 0.6 is 31.9 Å². The molecule has 4 heteroatoms. The monoisotopic (exact) mass is 407 g/mol. The average molecular weight is 409 g/mol. The van der Waals surface area contributed by atoms with Crippen LogP contribution < -0.4 is 5.32 Å². The molecular weight excluding hydrogens is 394 g/mol. The molecule has 0 radical (unpaired) electrons. The summed E-state index contributed by atoms with van der Waals surface area (Å²) in [7, 11) is 0. The second-order valence-electron chi connectivity index (χ2n) is 5.24. The van der Waals surface area contributed by atoms with Crippen LogP contribution in [0.4, 0.5) is 0 Å². The number of nitrogens with one attached hydrogen (secondary N) is 1. The molecule has 0 spiro atoms. The molecule has 1 unspecified atom stereocenters. The maximum Gasteiger partial charge on any atom is 0.251 e. The Balaban J connectivity index is 2.02. The van der Waals surface area contributed by atoms with Gasteiger partial charge in [0.25, 0.3) is 5.91 Å². The molecule has 1 heterocycles. The fourth-order valence-electron chi connectivity index (χ4n) is 2.67. The first-order valence-corrected chi connectivity index (χ1v) is 8.59. The number of hydrogen-bond acceptors (Lipinski definition) is 1. The number of benzene rings is 2. The van der Waals surface area contributed by atoms with E-state index < -0.39 is 0 Å². The minimum Gasteiger partial charge on any atom is -0.352 e. The van der Waals surface area contributed by atoms with Crippen LogP contribution in [-0.2, 0) is 6.42 Å². The Kier molecular flexibility index (Phi) is 4.18. The van der Waals surface area contributed by atoms with Crippen LogP contribution in [0, 0.1) is 6.92 Å². The molecule has 1 amide bonds. The van der Waals surface area contributed by atoms with Crippen LogP contribution in [-0.4, -0.2) is 12.5 Å². The van der Waals surface area contributed by atoms with Crippen molar-refractivity contribution >= 4 is 37.8 Å². The largest absolute Gasteiger partial charge is 0.352 e. The highest BCUT2D eigenvalue weighted by Gasteiger charge is 2.20. The van der Waals surface area contributed by atoms with E-state index in [1.54, 1.807) is 0 Å². The maximum atomic E-state index is 12.0. The first-order chi connectivity index (χ1) is 10.1. The van der Waals surface area contributed by atoms with Gasteiger partial charge in [-0.2, -0.15) is 0 Å². The van der Waals surface area contributed by atoms with E-state index in [4.69, 9.17) is 0 Å². The van der Waals surface area contributed by atoms with Gasteiger partial charge in [0.2, 0.25) is 0 Å². The van der Waals surface area contributed by atoms with Crippen molar-refractivity contribution in [1.82, 2.24) is 5.32 Å². The predicted octanol–water partition coefficient (Wildman–Crippen LogP) is 4.53. The zero-order valence-electron chi connectivity index (χ0n) is 11.6. The van der Waals surface area contributed by atoms with Gasteiger partial charge in [-0.1, -0.05) is 56.1 Å². The fourth-order valence-corrected chi connectivity index (χ4v) is 3.83. The standard InChI is InChI=1S/C17H15Br2NO/c1-10-13(3-2-4-15(10)18)16(19)12-6-5-11-7-8-20-17(21)14(11)9-12/h2-6,9,16H,7-8H2,1H3,(H,20,21). The van der Waals surface area contributed by atoms with Gasteiger partial charge in [-0.05, 0) is 47.7 Å². The quantitative estimate of drug-likeness (QED) is 0.726. The van der Waals surface area contributed by atoms with Gasteiger partial charge in [0.1, 0.15) is 0 Å². The van der Waals surface area contributed by atoms with Crippen LogP contribution in [0.1, 0.15) is 37.4 Å². The molecule has 0 aromatic heterocycles. The lowest BCUT2D eigenvalue weighted by Gasteiger charge is -2.20. The van der Waals surface area contributed by atoms with Crippen LogP contribution in [0.3, 0.4) is 0 Å². The summed E-state index contributed by atoms with van der Waals surface area (Å²) in [6.07, 6.45) is 0.907. The Morgan fingerprint density at radius 2 is 2.05 bits per heavy atom. The molecular formula is C17H15Br2NO. The number of halogens is 2. The lowest BCUT2D eigenvalue weighted by atomic mass is 9.94. The summed E-state index contributed by atoms with van der Waals surface area (Å²) in [5, 5.41) is 2.90. The van der Waals surface area contributed by atoms with E-state index in [0.717, 1.165) is 34.1 Å². The van der Waals surface area contributed by atoms with Gasteiger partial charge >= 0.3 is 0 Å². The molecule has 1 atom stereocenters. The van der Waals surface area contributed by atoms with Crippen molar-refractivity contribution in [2.75, 3.05) is 6.54 Å². The van der Waals surface area contributed by atoms with Gasteiger partial charge in [0.05, 0.1) is 4.83 Å². The van der Waals surface area contributed by atoms with Gasteiger partial charge < -0.3 is 5.32 Å². The summed E-state index contributed by atoms with van der Waals surface area (Å²) in [5.41, 5.74) is 5.46. The Hall–Kier alpha value is -1.13. The summed E-state index contributed by atoms with van der Waals surface area (Å²) in [4.78, 5) is 12.1. The number of alkyl halides is 1. The van der Waals surface area contributed by atoms with E-state index in [1.807, 2.05) is 18.2 Å². The molecule has 0 saturated heterocycles. The van der Waals surface area contributed by atoms with E-state index in [0.29, 0.717) is 0 Å². The highest BCUT2D eigenvalue weighted by molar-refractivity contribution is 9.10. The molecule has 2 aromatic rings. The number of rotatable bonds is 2. The molecule has 1 aliphatic rings. The SMILES string of the molecule is Cc1c(Br)cccc1C(Br)c1ccc2c(c1)C(=O)NCC2. The Labute approximate surface area is 141 Å². The molecule has 108 valence electrons. The number of carbonyl (C=O) groups is 1. The third-order valence-electron chi connectivity index (χ3n) is 3.93. The average Bonchev–Trinajstić information content (AvgIpc) is 2.49. The smallest absolute Gasteiger partial charge is 0.251 e. The zero-order chi connectivity index (χ0) is 15.0. The van der Waals surface area contributed by atoms with Crippen LogP contribution in [0.2, 0.25) is 0 Å². The van der Waals surface area contributed by atoms with Crippen molar-refractivity contribution in [3.63, 3.8) is 0 Å². The Bertz CT molecular complexity index is 712.